The third-order valence-corrected chi connectivity index (χ3v) is 11.6. The second kappa shape index (κ2) is 8.01. The fraction of sp³-hybridized carbons (Fsp3) is 0.963. The largest absolute Gasteiger partial charge is 0.389 e. The number of nitrogens with zero attached hydrogens (tertiary/aromatic N) is 2. The predicted molar refractivity (Wildman–Crippen MR) is 125 cm³/mol. The maximum atomic E-state index is 12.0. The molecule has 5 rings (SSSR count). The number of piperazine rings is 1. The van der Waals surface area contributed by atoms with E-state index in [9.17, 15) is 9.90 Å². The molecule has 0 aromatic carbocycles. The number of amides is 1. The number of hydrogen-bond acceptors (Lipinski definition) is 3. The number of carbonyl (C=O) groups is 1. The minimum absolute atomic E-state index is 0.104. The van der Waals surface area contributed by atoms with Crippen molar-refractivity contribution in [3.05, 3.63) is 0 Å². The van der Waals surface area contributed by atoms with Crippen molar-refractivity contribution in [3.63, 3.8) is 0 Å². The summed E-state index contributed by atoms with van der Waals surface area (Å²) in [5.41, 5.74) is 0.192. The molecular formula is C27H46N2O2. The molecule has 1 amide bonds. The Bertz CT molecular complexity index is 689. The van der Waals surface area contributed by atoms with Crippen molar-refractivity contribution in [2.75, 3.05) is 32.7 Å². The van der Waals surface area contributed by atoms with Crippen LogP contribution in [0.1, 0.15) is 91.4 Å². The molecule has 0 radical (unpaired) electrons. The van der Waals surface area contributed by atoms with Crippen LogP contribution in [0.15, 0.2) is 0 Å². The van der Waals surface area contributed by atoms with Crippen LogP contribution in [0.4, 0.5) is 0 Å². The zero-order chi connectivity index (χ0) is 21.9. The van der Waals surface area contributed by atoms with E-state index in [2.05, 4.69) is 18.7 Å². The first-order valence-corrected chi connectivity index (χ1v) is 13.5. The summed E-state index contributed by atoms with van der Waals surface area (Å²) in [6.45, 7) is 11.4. The minimum atomic E-state index is -0.495. The summed E-state index contributed by atoms with van der Waals surface area (Å²) in [6, 6.07) is 0. The Labute approximate surface area is 190 Å². The standard InChI is InChI=1S/C27H46N2O2/c1-20(30)29-18-16-28(17-19-29)15-14-27(31)13-10-24-22-8-7-21-6-4-5-11-25(21,2)23(22)9-12-26(24,27)3/h21-24,31H,4-19H2,1-3H3/t21?,22-,23+,24+,25+,26+,27+/m1/s1. The topological polar surface area (TPSA) is 43.8 Å². The molecule has 4 aliphatic carbocycles. The fourth-order valence-electron chi connectivity index (χ4n) is 9.45. The van der Waals surface area contributed by atoms with Gasteiger partial charge in [0.25, 0.3) is 0 Å². The van der Waals surface area contributed by atoms with Crippen LogP contribution in [0.25, 0.3) is 0 Å². The fourth-order valence-corrected chi connectivity index (χ4v) is 9.45. The van der Waals surface area contributed by atoms with E-state index in [0.717, 1.165) is 69.2 Å². The predicted octanol–water partition coefficient (Wildman–Crippen LogP) is 4.70. The second-order valence-corrected chi connectivity index (χ2v) is 12.5. The molecule has 0 bridgehead atoms. The van der Waals surface area contributed by atoms with Crippen LogP contribution in [-0.2, 0) is 4.79 Å². The highest BCUT2D eigenvalue weighted by Crippen LogP contribution is 2.68. The highest BCUT2D eigenvalue weighted by Gasteiger charge is 2.64. The Morgan fingerprint density at radius 1 is 0.903 bits per heavy atom. The van der Waals surface area contributed by atoms with E-state index in [-0.39, 0.29) is 11.3 Å². The zero-order valence-corrected chi connectivity index (χ0v) is 20.4. The van der Waals surface area contributed by atoms with E-state index in [1.807, 2.05) is 4.90 Å². The molecule has 1 saturated heterocycles. The molecule has 1 heterocycles. The first kappa shape index (κ1) is 22.2. The molecule has 4 nitrogen and oxygen atoms in total. The van der Waals surface area contributed by atoms with Gasteiger partial charge < -0.3 is 10.0 Å². The third-order valence-electron chi connectivity index (χ3n) is 11.6. The number of aliphatic hydroxyl groups is 1. The Morgan fingerprint density at radius 2 is 1.65 bits per heavy atom. The van der Waals surface area contributed by atoms with E-state index in [1.165, 1.54) is 57.8 Å². The molecule has 7 atom stereocenters. The molecule has 176 valence electrons. The van der Waals surface area contributed by atoms with Gasteiger partial charge in [0.2, 0.25) is 5.91 Å². The lowest BCUT2D eigenvalue weighted by Gasteiger charge is -2.61. The molecule has 1 unspecified atom stereocenters. The monoisotopic (exact) mass is 430 g/mol. The van der Waals surface area contributed by atoms with Crippen molar-refractivity contribution in [2.45, 2.75) is 97.0 Å². The molecule has 0 aromatic rings. The van der Waals surface area contributed by atoms with E-state index >= 15 is 0 Å². The van der Waals surface area contributed by atoms with Gasteiger partial charge in [-0.05, 0) is 92.3 Å². The lowest BCUT2D eigenvalue weighted by molar-refractivity contribution is -0.155. The van der Waals surface area contributed by atoms with Crippen LogP contribution in [0.5, 0.6) is 0 Å². The van der Waals surface area contributed by atoms with Gasteiger partial charge in [0.05, 0.1) is 5.60 Å². The van der Waals surface area contributed by atoms with E-state index in [4.69, 9.17) is 0 Å². The molecule has 1 aliphatic heterocycles. The normalized spacial score (nSPS) is 48.1. The number of fused-ring (bicyclic) bond motifs is 5. The summed E-state index contributed by atoms with van der Waals surface area (Å²) in [6.07, 6.45) is 14.5. The van der Waals surface area contributed by atoms with Gasteiger partial charge in [-0.1, -0.05) is 26.7 Å². The average Bonchev–Trinajstić information content (AvgIpc) is 3.03. The van der Waals surface area contributed by atoms with Crippen LogP contribution in [0.3, 0.4) is 0 Å². The summed E-state index contributed by atoms with van der Waals surface area (Å²) >= 11 is 0. The molecule has 0 spiro atoms. The first-order chi connectivity index (χ1) is 14.8. The summed E-state index contributed by atoms with van der Waals surface area (Å²) in [7, 11) is 0. The lowest BCUT2D eigenvalue weighted by atomic mass is 9.44. The molecule has 4 heteroatoms. The van der Waals surface area contributed by atoms with Crippen LogP contribution in [0.2, 0.25) is 0 Å². The Hall–Kier alpha value is -0.610. The van der Waals surface area contributed by atoms with E-state index in [0.29, 0.717) is 5.41 Å². The van der Waals surface area contributed by atoms with Crippen molar-refractivity contribution in [1.29, 1.82) is 0 Å². The summed E-state index contributed by atoms with van der Waals surface area (Å²) < 4.78 is 0. The second-order valence-electron chi connectivity index (χ2n) is 12.5. The van der Waals surface area contributed by atoms with Gasteiger partial charge in [-0.15, -0.1) is 0 Å². The number of rotatable bonds is 3. The van der Waals surface area contributed by atoms with Gasteiger partial charge in [-0.3, -0.25) is 9.69 Å². The third kappa shape index (κ3) is 3.50. The quantitative estimate of drug-likeness (QED) is 0.705. The minimum Gasteiger partial charge on any atom is -0.389 e. The molecular weight excluding hydrogens is 384 g/mol. The summed E-state index contributed by atoms with van der Waals surface area (Å²) in [5, 5.41) is 12.0. The van der Waals surface area contributed by atoms with Gasteiger partial charge in [-0.25, -0.2) is 0 Å². The average molecular weight is 431 g/mol. The zero-order valence-electron chi connectivity index (χ0n) is 20.4. The van der Waals surface area contributed by atoms with E-state index in [1.54, 1.807) is 6.92 Å². The molecule has 0 aromatic heterocycles. The maximum Gasteiger partial charge on any atom is 0.219 e. The Morgan fingerprint density at radius 3 is 2.39 bits per heavy atom. The van der Waals surface area contributed by atoms with Crippen molar-refractivity contribution < 1.29 is 9.90 Å². The van der Waals surface area contributed by atoms with Crippen molar-refractivity contribution in [1.82, 2.24) is 9.80 Å². The lowest BCUT2D eigenvalue weighted by Crippen LogP contribution is -2.57. The van der Waals surface area contributed by atoms with Gasteiger partial charge in [0, 0.05) is 39.6 Å². The molecule has 4 saturated carbocycles. The Balaban J connectivity index is 1.25. The molecule has 31 heavy (non-hydrogen) atoms. The molecule has 1 N–H and O–H groups in total. The summed E-state index contributed by atoms with van der Waals surface area (Å²) in [4.78, 5) is 16.1. The number of carbonyl (C=O) groups excluding carboxylic acids is 1. The van der Waals surface area contributed by atoms with Gasteiger partial charge in [0.15, 0.2) is 0 Å². The SMILES string of the molecule is CC(=O)N1CCN(CC[C@@]2(O)CC[C@H]3[C@@H]4CCC5CCCC[C@]5(C)[C@H]4CC[C@@]32C)CC1. The van der Waals surface area contributed by atoms with Gasteiger partial charge in [-0.2, -0.15) is 0 Å². The van der Waals surface area contributed by atoms with Gasteiger partial charge in [0.1, 0.15) is 0 Å². The number of hydrogen-bond donors (Lipinski definition) is 1. The van der Waals surface area contributed by atoms with E-state index < -0.39 is 5.60 Å². The smallest absolute Gasteiger partial charge is 0.219 e. The first-order valence-electron chi connectivity index (χ1n) is 13.5. The van der Waals surface area contributed by atoms with Crippen molar-refractivity contribution in [3.8, 4) is 0 Å². The van der Waals surface area contributed by atoms with Crippen LogP contribution < -0.4 is 0 Å². The van der Waals surface area contributed by atoms with Crippen LogP contribution in [-0.4, -0.2) is 59.1 Å². The Kier molecular flexibility index (Phi) is 5.73. The van der Waals surface area contributed by atoms with Gasteiger partial charge >= 0.3 is 0 Å². The van der Waals surface area contributed by atoms with Crippen LogP contribution >= 0.6 is 0 Å². The highest BCUT2D eigenvalue weighted by atomic mass is 16.3. The summed E-state index contributed by atoms with van der Waals surface area (Å²) in [5.74, 6) is 3.66. The molecule has 5 aliphatic rings. The highest BCUT2D eigenvalue weighted by molar-refractivity contribution is 5.73. The van der Waals surface area contributed by atoms with Crippen LogP contribution in [0, 0.1) is 34.5 Å². The van der Waals surface area contributed by atoms with Crippen molar-refractivity contribution in [2.24, 2.45) is 34.5 Å². The molecule has 5 fully saturated rings. The maximum absolute atomic E-state index is 12.0. The van der Waals surface area contributed by atoms with Crippen molar-refractivity contribution >= 4 is 5.91 Å².